The molecule has 1 aliphatic rings. The minimum Gasteiger partial charge on any atom is -0.485 e. The van der Waals surface area contributed by atoms with Crippen LogP contribution in [-0.2, 0) is 16.2 Å². The van der Waals surface area contributed by atoms with Crippen LogP contribution in [0.15, 0.2) is 69.3 Å². The van der Waals surface area contributed by atoms with Gasteiger partial charge in [-0.3, -0.25) is 4.72 Å². The SMILES string of the molecule is C[C@@]1(Oc2cc(NS(=O)(=O)c3ccc(Sc4ccc(F)cc4F)cc3Cl)ccc2C(F)(F)F)CCNC1. The number of hydrogen-bond donors (Lipinski definition) is 2. The van der Waals surface area contributed by atoms with Gasteiger partial charge in [0.15, 0.2) is 0 Å². The van der Waals surface area contributed by atoms with E-state index in [1.54, 1.807) is 6.92 Å². The molecule has 0 aliphatic carbocycles. The average Bonchev–Trinajstić information content (AvgIpc) is 3.20. The van der Waals surface area contributed by atoms with Crippen LogP contribution in [0.25, 0.3) is 0 Å². The number of benzene rings is 3. The second-order valence-corrected chi connectivity index (χ2v) is 11.7. The smallest absolute Gasteiger partial charge is 0.419 e. The van der Waals surface area contributed by atoms with E-state index in [4.69, 9.17) is 16.3 Å². The van der Waals surface area contributed by atoms with Crippen molar-refractivity contribution in [3.05, 3.63) is 76.8 Å². The summed E-state index contributed by atoms with van der Waals surface area (Å²) in [5, 5.41) is 2.82. The van der Waals surface area contributed by atoms with Crippen molar-refractivity contribution in [2.75, 3.05) is 17.8 Å². The highest BCUT2D eigenvalue weighted by atomic mass is 35.5. The number of alkyl halides is 3. The fourth-order valence-corrected chi connectivity index (χ4v) is 6.23. The molecule has 2 N–H and O–H groups in total. The lowest BCUT2D eigenvalue weighted by Crippen LogP contribution is -2.35. The molecule has 5 nitrogen and oxygen atoms in total. The molecule has 0 aromatic heterocycles. The quantitative estimate of drug-likeness (QED) is 0.305. The van der Waals surface area contributed by atoms with Crippen LogP contribution >= 0.6 is 23.4 Å². The van der Waals surface area contributed by atoms with E-state index in [0.717, 1.165) is 42.1 Å². The van der Waals surface area contributed by atoms with Crippen LogP contribution in [-0.4, -0.2) is 27.1 Å². The predicted octanol–water partition coefficient (Wildman–Crippen LogP) is 6.72. The van der Waals surface area contributed by atoms with Gasteiger partial charge in [-0.2, -0.15) is 13.2 Å². The molecule has 0 amide bonds. The van der Waals surface area contributed by atoms with E-state index in [2.05, 4.69) is 10.0 Å². The molecule has 0 bridgehead atoms. The maximum Gasteiger partial charge on any atom is 0.419 e. The summed E-state index contributed by atoms with van der Waals surface area (Å²) in [6.07, 6.45) is -4.24. The topological polar surface area (TPSA) is 67.4 Å². The summed E-state index contributed by atoms with van der Waals surface area (Å²) in [5.74, 6) is -2.03. The van der Waals surface area contributed by atoms with Gasteiger partial charge in [0.1, 0.15) is 27.9 Å². The van der Waals surface area contributed by atoms with Gasteiger partial charge in [-0.15, -0.1) is 0 Å². The van der Waals surface area contributed by atoms with E-state index in [9.17, 15) is 30.4 Å². The maximum atomic E-state index is 14.0. The van der Waals surface area contributed by atoms with Crippen molar-refractivity contribution in [1.82, 2.24) is 5.32 Å². The molecule has 3 aromatic rings. The van der Waals surface area contributed by atoms with E-state index in [-0.39, 0.29) is 20.5 Å². The maximum absolute atomic E-state index is 14.0. The van der Waals surface area contributed by atoms with Gasteiger partial charge in [-0.05, 0) is 55.9 Å². The summed E-state index contributed by atoms with van der Waals surface area (Å²) in [6.45, 7) is 2.58. The van der Waals surface area contributed by atoms with Crippen LogP contribution in [0.2, 0.25) is 5.02 Å². The van der Waals surface area contributed by atoms with Gasteiger partial charge in [0, 0.05) is 34.9 Å². The van der Waals surface area contributed by atoms with Crippen molar-refractivity contribution < 1.29 is 35.1 Å². The first-order chi connectivity index (χ1) is 17.3. The molecule has 1 heterocycles. The standard InChI is InChI=1S/C24H20ClF5N2O3S2/c1-23(8-9-31-13-23)35-20-11-15(3-5-17(20)24(28,29)30)32-37(33,34)22-7-4-16(12-18(22)25)36-21-6-2-14(26)10-19(21)27/h2-7,10-12,31-32H,8-9,13H2,1H3/t23-/m1/s1. The Morgan fingerprint density at radius 2 is 1.84 bits per heavy atom. The molecule has 0 spiro atoms. The molecule has 13 heteroatoms. The lowest BCUT2D eigenvalue weighted by molar-refractivity contribution is -0.139. The summed E-state index contributed by atoms with van der Waals surface area (Å²) < 4.78 is 102. The van der Waals surface area contributed by atoms with Crippen LogP contribution < -0.4 is 14.8 Å². The fourth-order valence-electron chi connectivity index (χ4n) is 3.71. The van der Waals surface area contributed by atoms with Crippen LogP contribution in [0.1, 0.15) is 18.9 Å². The molecule has 0 saturated carbocycles. The Balaban J connectivity index is 1.59. The number of anilines is 1. The van der Waals surface area contributed by atoms with Crippen molar-refractivity contribution in [3.8, 4) is 5.75 Å². The summed E-state index contributed by atoms with van der Waals surface area (Å²) in [7, 11) is -4.32. The Labute approximate surface area is 219 Å². The molecular formula is C24H20ClF5N2O3S2. The van der Waals surface area contributed by atoms with Crippen molar-refractivity contribution in [2.45, 2.75) is 39.8 Å². The molecule has 0 unspecified atom stereocenters. The van der Waals surface area contributed by atoms with Crippen molar-refractivity contribution >= 4 is 39.1 Å². The van der Waals surface area contributed by atoms with E-state index < -0.39 is 44.7 Å². The predicted molar refractivity (Wildman–Crippen MR) is 131 cm³/mol. The van der Waals surface area contributed by atoms with E-state index in [0.29, 0.717) is 24.4 Å². The minimum absolute atomic E-state index is 0.106. The third-order valence-corrected chi connectivity index (χ3v) is 8.44. The molecule has 0 radical (unpaired) electrons. The van der Waals surface area contributed by atoms with E-state index in [1.807, 2.05) is 0 Å². The van der Waals surface area contributed by atoms with Gasteiger partial charge in [-0.25, -0.2) is 17.2 Å². The second-order valence-electron chi connectivity index (χ2n) is 8.56. The van der Waals surface area contributed by atoms with Crippen molar-refractivity contribution in [2.24, 2.45) is 0 Å². The fraction of sp³-hybridized carbons (Fsp3) is 0.250. The average molecular weight is 579 g/mol. The summed E-state index contributed by atoms with van der Waals surface area (Å²) in [6, 6.07) is 9.61. The zero-order chi connectivity index (χ0) is 27.0. The Morgan fingerprint density at radius 1 is 1.08 bits per heavy atom. The molecule has 1 saturated heterocycles. The van der Waals surface area contributed by atoms with Crippen molar-refractivity contribution in [1.29, 1.82) is 0 Å². The first-order valence-corrected chi connectivity index (χ1v) is 13.5. The van der Waals surface area contributed by atoms with Gasteiger partial charge in [0.2, 0.25) is 0 Å². The number of hydrogen-bond acceptors (Lipinski definition) is 5. The third-order valence-electron chi connectivity index (χ3n) is 5.54. The lowest BCUT2D eigenvalue weighted by atomic mass is 10.1. The molecular weight excluding hydrogens is 559 g/mol. The monoisotopic (exact) mass is 578 g/mol. The molecule has 1 fully saturated rings. The zero-order valence-electron chi connectivity index (χ0n) is 19.1. The summed E-state index contributed by atoms with van der Waals surface area (Å²) in [5.41, 5.74) is -2.07. The summed E-state index contributed by atoms with van der Waals surface area (Å²) >= 11 is 7.10. The van der Waals surface area contributed by atoms with Crippen LogP contribution in [0.5, 0.6) is 5.75 Å². The Morgan fingerprint density at radius 3 is 2.46 bits per heavy atom. The van der Waals surface area contributed by atoms with Crippen LogP contribution in [0.3, 0.4) is 0 Å². The largest absolute Gasteiger partial charge is 0.485 e. The first-order valence-electron chi connectivity index (χ1n) is 10.8. The van der Waals surface area contributed by atoms with E-state index in [1.165, 1.54) is 24.3 Å². The van der Waals surface area contributed by atoms with Gasteiger partial charge in [0.25, 0.3) is 10.0 Å². The van der Waals surface area contributed by atoms with Crippen molar-refractivity contribution in [3.63, 3.8) is 0 Å². The Bertz CT molecular complexity index is 1430. The number of rotatable bonds is 7. The second kappa shape index (κ2) is 10.3. The van der Waals surface area contributed by atoms with Crippen LogP contribution in [0.4, 0.5) is 27.6 Å². The minimum atomic E-state index is -4.71. The number of sulfonamides is 1. The van der Waals surface area contributed by atoms with E-state index >= 15 is 0 Å². The molecule has 1 aliphatic heterocycles. The highest BCUT2D eigenvalue weighted by Crippen LogP contribution is 2.40. The Kier molecular flexibility index (Phi) is 7.67. The van der Waals surface area contributed by atoms with Gasteiger partial charge in [0.05, 0.1) is 16.3 Å². The summed E-state index contributed by atoms with van der Waals surface area (Å²) in [4.78, 5) is 0.153. The van der Waals surface area contributed by atoms with Gasteiger partial charge in [-0.1, -0.05) is 23.4 Å². The zero-order valence-corrected chi connectivity index (χ0v) is 21.5. The number of halogens is 6. The third kappa shape index (κ3) is 6.49. The number of ether oxygens (including phenoxy) is 1. The van der Waals surface area contributed by atoms with Gasteiger partial charge < -0.3 is 10.1 Å². The first kappa shape index (κ1) is 27.5. The van der Waals surface area contributed by atoms with Crippen LogP contribution in [0, 0.1) is 11.6 Å². The molecule has 4 rings (SSSR count). The molecule has 37 heavy (non-hydrogen) atoms. The lowest BCUT2D eigenvalue weighted by Gasteiger charge is -2.27. The van der Waals surface area contributed by atoms with Gasteiger partial charge >= 0.3 is 6.18 Å². The number of nitrogens with one attached hydrogen (secondary N) is 2. The highest BCUT2D eigenvalue weighted by Gasteiger charge is 2.38. The molecule has 1 atom stereocenters. The highest BCUT2D eigenvalue weighted by molar-refractivity contribution is 7.99. The molecule has 198 valence electrons. The molecule has 3 aromatic carbocycles. The Hall–Kier alpha value is -2.54. The normalized spacial score (nSPS) is 18.1.